The van der Waals surface area contributed by atoms with E-state index in [1.54, 1.807) is 0 Å². The molecule has 1 aliphatic carbocycles. The lowest BCUT2D eigenvalue weighted by Crippen LogP contribution is -2.53. The average molecular weight is 258 g/mol. The minimum absolute atomic E-state index is 0.0713. The number of benzene rings is 1. The largest absolute Gasteiger partial charge is 0.385 e. The molecular weight excluding hydrogens is 236 g/mol. The molecule has 1 saturated carbocycles. The van der Waals surface area contributed by atoms with Gasteiger partial charge in [0.05, 0.1) is 0 Å². The molecular formula is C16H22N2O. The van der Waals surface area contributed by atoms with E-state index in [0.29, 0.717) is 0 Å². The van der Waals surface area contributed by atoms with Crippen molar-refractivity contribution in [1.82, 2.24) is 5.32 Å². The fourth-order valence-electron chi connectivity index (χ4n) is 3.20. The van der Waals surface area contributed by atoms with Gasteiger partial charge in [-0.05, 0) is 56.2 Å². The SMILES string of the molecule is CCC1(NC(=O)c2cccc3c2CCCN3)CCC1. The zero-order valence-corrected chi connectivity index (χ0v) is 11.6. The molecule has 1 aliphatic heterocycles. The number of carbonyl (C=O) groups is 1. The molecule has 2 N–H and O–H groups in total. The van der Waals surface area contributed by atoms with E-state index in [4.69, 9.17) is 0 Å². The summed E-state index contributed by atoms with van der Waals surface area (Å²) >= 11 is 0. The number of amides is 1. The van der Waals surface area contributed by atoms with Crippen molar-refractivity contribution in [2.75, 3.05) is 11.9 Å². The summed E-state index contributed by atoms with van der Waals surface area (Å²) < 4.78 is 0. The third-order valence-corrected chi connectivity index (χ3v) is 4.71. The number of carbonyl (C=O) groups excluding carboxylic acids is 1. The van der Waals surface area contributed by atoms with Crippen LogP contribution in [0.15, 0.2) is 18.2 Å². The first-order valence-corrected chi connectivity index (χ1v) is 7.42. The Hall–Kier alpha value is -1.51. The number of hydrogen-bond donors (Lipinski definition) is 2. The number of rotatable bonds is 3. The molecule has 0 aromatic heterocycles. The van der Waals surface area contributed by atoms with Crippen LogP contribution in [0.25, 0.3) is 0 Å². The van der Waals surface area contributed by atoms with Gasteiger partial charge in [0.15, 0.2) is 0 Å². The van der Waals surface area contributed by atoms with Crippen molar-refractivity contribution in [2.45, 2.75) is 51.0 Å². The summed E-state index contributed by atoms with van der Waals surface area (Å²) in [6, 6.07) is 6.01. The van der Waals surface area contributed by atoms with Crippen LogP contribution in [0.4, 0.5) is 5.69 Å². The van der Waals surface area contributed by atoms with Gasteiger partial charge in [-0.2, -0.15) is 0 Å². The monoisotopic (exact) mass is 258 g/mol. The Kier molecular flexibility index (Phi) is 3.21. The summed E-state index contributed by atoms with van der Waals surface area (Å²) in [5.74, 6) is 0.113. The van der Waals surface area contributed by atoms with Crippen molar-refractivity contribution in [3.05, 3.63) is 29.3 Å². The lowest BCUT2D eigenvalue weighted by molar-refractivity contribution is 0.0819. The molecule has 0 spiro atoms. The van der Waals surface area contributed by atoms with Gasteiger partial charge in [0.25, 0.3) is 5.91 Å². The van der Waals surface area contributed by atoms with Crippen molar-refractivity contribution in [1.29, 1.82) is 0 Å². The smallest absolute Gasteiger partial charge is 0.252 e. The summed E-state index contributed by atoms with van der Waals surface area (Å²) in [6.07, 6.45) is 6.64. The highest BCUT2D eigenvalue weighted by atomic mass is 16.1. The van der Waals surface area contributed by atoms with Gasteiger partial charge >= 0.3 is 0 Å². The minimum Gasteiger partial charge on any atom is -0.385 e. The van der Waals surface area contributed by atoms with Gasteiger partial charge in [-0.25, -0.2) is 0 Å². The van der Waals surface area contributed by atoms with Crippen LogP contribution in [-0.2, 0) is 6.42 Å². The molecule has 0 unspecified atom stereocenters. The Morgan fingerprint density at radius 3 is 2.89 bits per heavy atom. The molecule has 1 fully saturated rings. The van der Waals surface area contributed by atoms with E-state index in [0.717, 1.165) is 49.9 Å². The molecule has 0 saturated heterocycles. The van der Waals surface area contributed by atoms with Gasteiger partial charge in [0, 0.05) is 23.3 Å². The third-order valence-electron chi connectivity index (χ3n) is 4.71. The van der Waals surface area contributed by atoms with Crippen molar-refractivity contribution >= 4 is 11.6 Å². The fraction of sp³-hybridized carbons (Fsp3) is 0.562. The molecule has 3 heteroatoms. The Bertz CT molecular complexity index is 486. The molecule has 0 bridgehead atoms. The van der Waals surface area contributed by atoms with Gasteiger partial charge in [0.1, 0.15) is 0 Å². The van der Waals surface area contributed by atoms with Crippen LogP contribution in [0.1, 0.15) is 54.9 Å². The minimum atomic E-state index is 0.0713. The van der Waals surface area contributed by atoms with Crippen LogP contribution in [0.5, 0.6) is 0 Å². The fourth-order valence-corrected chi connectivity index (χ4v) is 3.20. The molecule has 3 rings (SSSR count). The lowest BCUT2D eigenvalue weighted by atomic mass is 9.74. The second-order valence-electron chi connectivity index (χ2n) is 5.80. The molecule has 1 aromatic rings. The van der Waals surface area contributed by atoms with Crippen molar-refractivity contribution in [3.63, 3.8) is 0 Å². The van der Waals surface area contributed by atoms with Crippen molar-refractivity contribution in [2.24, 2.45) is 0 Å². The van der Waals surface area contributed by atoms with E-state index in [-0.39, 0.29) is 11.4 Å². The maximum Gasteiger partial charge on any atom is 0.252 e. The van der Waals surface area contributed by atoms with Crippen LogP contribution in [0, 0.1) is 0 Å². The normalized spacial score (nSPS) is 19.8. The van der Waals surface area contributed by atoms with Gasteiger partial charge in [-0.3, -0.25) is 4.79 Å². The first-order chi connectivity index (χ1) is 9.24. The molecule has 1 heterocycles. The molecule has 0 atom stereocenters. The van der Waals surface area contributed by atoms with Gasteiger partial charge < -0.3 is 10.6 Å². The molecule has 1 aromatic carbocycles. The zero-order valence-electron chi connectivity index (χ0n) is 11.6. The van der Waals surface area contributed by atoms with E-state index in [1.165, 1.54) is 12.0 Å². The topological polar surface area (TPSA) is 41.1 Å². The summed E-state index contributed by atoms with van der Waals surface area (Å²) in [6.45, 7) is 3.18. The maximum absolute atomic E-state index is 12.5. The summed E-state index contributed by atoms with van der Waals surface area (Å²) in [4.78, 5) is 12.5. The Balaban J connectivity index is 1.84. The highest BCUT2D eigenvalue weighted by molar-refractivity contribution is 5.97. The Labute approximate surface area is 114 Å². The van der Waals surface area contributed by atoms with Crippen LogP contribution < -0.4 is 10.6 Å². The van der Waals surface area contributed by atoms with Crippen LogP contribution in [0.3, 0.4) is 0 Å². The quantitative estimate of drug-likeness (QED) is 0.874. The second-order valence-corrected chi connectivity index (χ2v) is 5.80. The number of anilines is 1. The number of hydrogen-bond acceptors (Lipinski definition) is 2. The number of nitrogens with one attached hydrogen (secondary N) is 2. The van der Waals surface area contributed by atoms with Gasteiger partial charge in [-0.1, -0.05) is 13.0 Å². The Morgan fingerprint density at radius 2 is 2.21 bits per heavy atom. The van der Waals surface area contributed by atoms with E-state index >= 15 is 0 Å². The number of fused-ring (bicyclic) bond motifs is 1. The predicted octanol–water partition coefficient (Wildman–Crippen LogP) is 3.11. The first-order valence-electron chi connectivity index (χ1n) is 7.42. The molecule has 1 amide bonds. The van der Waals surface area contributed by atoms with E-state index in [9.17, 15) is 4.79 Å². The lowest BCUT2D eigenvalue weighted by Gasteiger charge is -2.42. The highest BCUT2D eigenvalue weighted by Crippen LogP contribution is 2.35. The average Bonchev–Trinajstić information content (AvgIpc) is 2.42. The standard InChI is InChI=1S/C16H22N2O/c1-2-16(9-5-10-16)18-15(19)13-6-3-8-14-12(13)7-4-11-17-14/h3,6,8,17H,2,4-5,7,9-11H2,1H3,(H,18,19). The predicted molar refractivity (Wildman–Crippen MR) is 77.6 cm³/mol. The molecule has 3 nitrogen and oxygen atoms in total. The van der Waals surface area contributed by atoms with Gasteiger partial charge in [0.2, 0.25) is 0 Å². The highest BCUT2D eigenvalue weighted by Gasteiger charge is 2.37. The molecule has 102 valence electrons. The van der Waals surface area contributed by atoms with E-state index in [2.05, 4.69) is 23.6 Å². The molecule has 19 heavy (non-hydrogen) atoms. The van der Waals surface area contributed by atoms with Crippen LogP contribution in [-0.4, -0.2) is 18.0 Å². The summed E-state index contributed by atoms with van der Waals surface area (Å²) in [5, 5.41) is 6.66. The van der Waals surface area contributed by atoms with Crippen molar-refractivity contribution in [3.8, 4) is 0 Å². The van der Waals surface area contributed by atoms with Crippen LogP contribution in [0.2, 0.25) is 0 Å². The molecule has 2 aliphatic rings. The second kappa shape index (κ2) is 4.87. The zero-order chi connectivity index (χ0) is 13.3. The summed E-state index contributed by atoms with van der Waals surface area (Å²) in [5.41, 5.74) is 3.27. The maximum atomic E-state index is 12.5. The van der Waals surface area contributed by atoms with Crippen molar-refractivity contribution < 1.29 is 4.79 Å². The Morgan fingerprint density at radius 1 is 1.37 bits per heavy atom. The van der Waals surface area contributed by atoms with E-state index in [1.807, 2.05) is 12.1 Å². The molecule has 0 radical (unpaired) electrons. The summed E-state index contributed by atoms with van der Waals surface area (Å²) in [7, 11) is 0. The first kappa shape index (κ1) is 12.5. The third kappa shape index (κ3) is 2.22. The van der Waals surface area contributed by atoms with E-state index < -0.39 is 0 Å². The van der Waals surface area contributed by atoms with Gasteiger partial charge in [-0.15, -0.1) is 0 Å². The van der Waals surface area contributed by atoms with Crippen LogP contribution >= 0.6 is 0 Å².